The molecule has 4 rings (SSSR count). The average Bonchev–Trinajstić information content (AvgIpc) is 2.66. The van der Waals surface area contributed by atoms with Gasteiger partial charge in [-0.3, -0.25) is 9.88 Å². The maximum atomic E-state index is 6.62. The fourth-order valence-electron chi connectivity index (χ4n) is 3.59. The van der Waals surface area contributed by atoms with Gasteiger partial charge in [0.1, 0.15) is 0 Å². The Balaban J connectivity index is 1.92. The molecule has 1 N–H and O–H groups in total. The van der Waals surface area contributed by atoms with Crippen molar-refractivity contribution < 1.29 is 0 Å². The van der Waals surface area contributed by atoms with Crippen LogP contribution in [0.4, 0.5) is 0 Å². The fourth-order valence-corrected chi connectivity index (χ4v) is 4.00. The van der Waals surface area contributed by atoms with Gasteiger partial charge in [-0.1, -0.05) is 53.5 Å². The Labute approximate surface area is 157 Å². The van der Waals surface area contributed by atoms with Gasteiger partial charge in [-0.2, -0.15) is 0 Å². The van der Waals surface area contributed by atoms with Crippen LogP contribution >= 0.6 is 23.2 Å². The normalized spacial score (nSPS) is 16.9. The molecule has 128 valence electrons. The molecule has 1 aliphatic heterocycles. The SMILES string of the molecule is Clc1cccc(C(c2ccnc3ccccc23)N2CCNCC2)c1Cl. The lowest BCUT2D eigenvalue weighted by Gasteiger charge is -2.36. The highest BCUT2D eigenvalue weighted by atomic mass is 35.5. The Kier molecular flexibility index (Phi) is 4.91. The van der Waals surface area contributed by atoms with E-state index in [1.807, 2.05) is 30.5 Å². The number of benzene rings is 2. The van der Waals surface area contributed by atoms with E-state index in [-0.39, 0.29) is 6.04 Å². The van der Waals surface area contributed by atoms with E-state index in [0.717, 1.165) is 42.6 Å². The molecular formula is C20H19Cl2N3. The monoisotopic (exact) mass is 371 g/mol. The van der Waals surface area contributed by atoms with Gasteiger partial charge in [-0.05, 0) is 29.3 Å². The summed E-state index contributed by atoms with van der Waals surface area (Å²) < 4.78 is 0. The zero-order valence-electron chi connectivity index (χ0n) is 13.8. The van der Waals surface area contributed by atoms with Gasteiger partial charge in [0.05, 0.1) is 21.6 Å². The van der Waals surface area contributed by atoms with Crippen molar-refractivity contribution in [2.45, 2.75) is 6.04 Å². The largest absolute Gasteiger partial charge is 0.314 e. The van der Waals surface area contributed by atoms with Gasteiger partial charge in [0, 0.05) is 37.8 Å². The van der Waals surface area contributed by atoms with Crippen LogP contribution in [0.25, 0.3) is 10.9 Å². The first-order chi connectivity index (χ1) is 12.3. The van der Waals surface area contributed by atoms with E-state index in [1.165, 1.54) is 5.56 Å². The lowest BCUT2D eigenvalue weighted by molar-refractivity contribution is 0.199. The number of rotatable bonds is 3. The molecule has 2 heterocycles. The number of halogens is 2. The Morgan fingerprint density at radius 2 is 1.72 bits per heavy atom. The standard InChI is InChI=1S/C20H19Cl2N3/c21-17-6-3-5-16(19(17)22)20(25-12-10-23-11-13-25)15-8-9-24-18-7-2-1-4-14(15)18/h1-9,20,23H,10-13H2. The fraction of sp³-hybridized carbons (Fsp3) is 0.250. The predicted molar refractivity (Wildman–Crippen MR) is 104 cm³/mol. The molecule has 0 aliphatic carbocycles. The molecule has 2 aromatic carbocycles. The molecule has 25 heavy (non-hydrogen) atoms. The zero-order chi connectivity index (χ0) is 17.2. The quantitative estimate of drug-likeness (QED) is 0.732. The van der Waals surface area contributed by atoms with Gasteiger partial charge in [0.25, 0.3) is 0 Å². The average molecular weight is 372 g/mol. The van der Waals surface area contributed by atoms with Crippen molar-refractivity contribution in [3.63, 3.8) is 0 Å². The van der Waals surface area contributed by atoms with Crippen LogP contribution in [0.15, 0.2) is 54.7 Å². The van der Waals surface area contributed by atoms with Crippen LogP contribution < -0.4 is 5.32 Å². The summed E-state index contributed by atoms with van der Waals surface area (Å²) >= 11 is 12.9. The van der Waals surface area contributed by atoms with Crippen LogP contribution in [-0.2, 0) is 0 Å². The second-order valence-corrected chi connectivity index (χ2v) is 7.03. The first-order valence-electron chi connectivity index (χ1n) is 8.48. The van der Waals surface area contributed by atoms with Crippen molar-refractivity contribution in [1.82, 2.24) is 15.2 Å². The maximum absolute atomic E-state index is 6.62. The summed E-state index contributed by atoms with van der Waals surface area (Å²) in [6, 6.07) is 16.3. The van der Waals surface area contributed by atoms with Crippen molar-refractivity contribution in [1.29, 1.82) is 0 Å². The van der Waals surface area contributed by atoms with Crippen LogP contribution in [0.5, 0.6) is 0 Å². The van der Waals surface area contributed by atoms with Crippen LogP contribution in [0, 0.1) is 0 Å². The number of hydrogen-bond donors (Lipinski definition) is 1. The molecule has 1 saturated heterocycles. The number of pyridine rings is 1. The van der Waals surface area contributed by atoms with Crippen molar-refractivity contribution >= 4 is 34.1 Å². The molecule has 0 radical (unpaired) electrons. The highest BCUT2D eigenvalue weighted by Gasteiger charge is 2.27. The minimum atomic E-state index is 0.0567. The maximum Gasteiger partial charge on any atom is 0.0705 e. The molecule has 1 aromatic heterocycles. The van der Waals surface area contributed by atoms with Gasteiger partial charge in [-0.25, -0.2) is 0 Å². The first-order valence-corrected chi connectivity index (χ1v) is 9.23. The molecule has 1 aliphatic rings. The molecule has 1 fully saturated rings. The predicted octanol–water partition coefficient (Wildman–Crippen LogP) is 4.54. The molecule has 3 nitrogen and oxygen atoms in total. The third kappa shape index (κ3) is 3.25. The van der Waals surface area contributed by atoms with Crippen molar-refractivity contribution in [3.8, 4) is 0 Å². The Morgan fingerprint density at radius 1 is 0.920 bits per heavy atom. The Morgan fingerprint density at radius 3 is 2.56 bits per heavy atom. The van der Waals surface area contributed by atoms with E-state index >= 15 is 0 Å². The molecule has 0 amide bonds. The second-order valence-electron chi connectivity index (χ2n) is 6.25. The van der Waals surface area contributed by atoms with E-state index in [9.17, 15) is 0 Å². The number of hydrogen-bond acceptors (Lipinski definition) is 3. The number of fused-ring (bicyclic) bond motifs is 1. The summed E-state index contributed by atoms with van der Waals surface area (Å²) in [5.41, 5.74) is 3.27. The Hall–Kier alpha value is -1.65. The summed E-state index contributed by atoms with van der Waals surface area (Å²) in [5, 5.41) is 5.81. The smallest absolute Gasteiger partial charge is 0.0705 e. The zero-order valence-corrected chi connectivity index (χ0v) is 15.3. The first kappa shape index (κ1) is 16.8. The Bertz CT molecular complexity index is 886. The van der Waals surface area contributed by atoms with E-state index < -0.39 is 0 Å². The molecule has 1 unspecified atom stereocenters. The summed E-state index contributed by atoms with van der Waals surface area (Å²) in [6.07, 6.45) is 1.88. The number of nitrogens with one attached hydrogen (secondary N) is 1. The highest BCUT2D eigenvalue weighted by molar-refractivity contribution is 6.42. The lowest BCUT2D eigenvalue weighted by atomic mass is 9.93. The van der Waals surface area contributed by atoms with Gasteiger partial charge >= 0.3 is 0 Å². The van der Waals surface area contributed by atoms with Gasteiger partial charge in [-0.15, -0.1) is 0 Å². The molecular weight excluding hydrogens is 353 g/mol. The third-order valence-corrected chi connectivity index (χ3v) is 5.60. The second kappa shape index (κ2) is 7.30. The molecule has 0 saturated carbocycles. The molecule has 1 atom stereocenters. The molecule has 3 aromatic rings. The lowest BCUT2D eigenvalue weighted by Crippen LogP contribution is -2.45. The number of piperazine rings is 1. The van der Waals surface area contributed by atoms with Gasteiger partial charge in [0.15, 0.2) is 0 Å². The minimum absolute atomic E-state index is 0.0567. The topological polar surface area (TPSA) is 28.2 Å². The number of para-hydroxylation sites is 1. The highest BCUT2D eigenvalue weighted by Crippen LogP contribution is 2.39. The molecule has 0 spiro atoms. The minimum Gasteiger partial charge on any atom is -0.314 e. The van der Waals surface area contributed by atoms with E-state index in [2.05, 4.69) is 39.5 Å². The van der Waals surface area contributed by atoms with Crippen molar-refractivity contribution in [2.24, 2.45) is 0 Å². The summed E-state index contributed by atoms with van der Waals surface area (Å²) in [4.78, 5) is 6.98. The van der Waals surface area contributed by atoms with Gasteiger partial charge < -0.3 is 5.32 Å². The number of nitrogens with zero attached hydrogens (tertiary/aromatic N) is 2. The van der Waals surface area contributed by atoms with Crippen LogP contribution in [0.3, 0.4) is 0 Å². The summed E-state index contributed by atoms with van der Waals surface area (Å²) in [7, 11) is 0. The van der Waals surface area contributed by atoms with E-state index in [0.29, 0.717) is 10.0 Å². The van der Waals surface area contributed by atoms with Crippen LogP contribution in [-0.4, -0.2) is 36.1 Å². The van der Waals surface area contributed by atoms with Crippen molar-refractivity contribution in [3.05, 3.63) is 75.9 Å². The van der Waals surface area contributed by atoms with Crippen LogP contribution in [0.2, 0.25) is 10.0 Å². The number of aromatic nitrogens is 1. The molecule has 0 bridgehead atoms. The molecule has 5 heteroatoms. The van der Waals surface area contributed by atoms with Crippen LogP contribution in [0.1, 0.15) is 17.2 Å². The third-order valence-electron chi connectivity index (χ3n) is 4.77. The van der Waals surface area contributed by atoms with Crippen molar-refractivity contribution in [2.75, 3.05) is 26.2 Å². The van der Waals surface area contributed by atoms with E-state index in [1.54, 1.807) is 0 Å². The van der Waals surface area contributed by atoms with E-state index in [4.69, 9.17) is 23.2 Å². The van der Waals surface area contributed by atoms with Gasteiger partial charge in [0.2, 0.25) is 0 Å². The summed E-state index contributed by atoms with van der Waals surface area (Å²) in [5.74, 6) is 0. The summed E-state index contributed by atoms with van der Waals surface area (Å²) in [6.45, 7) is 3.86.